The summed E-state index contributed by atoms with van der Waals surface area (Å²) in [5.41, 5.74) is -0.768. The fourth-order valence-electron chi connectivity index (χ4n) is 1.79. The van der Waals surface area contributed by atoms with Gasteiger partial charge in [-0.1, -0.05) is 11.6 Å². The maximum absolute atomic E-state index is 12.6. The maximum atomic E-state index is 12.6. The van der Waals surface area contributed by atoms with Crippen LogP contribution in [0.25, 0.3) is 0 Å². The molecule has 2 nitrogen and oxygen atoms in total. The minimum Gasteiger partial charge on any atom is -0.367 e. The van der Waals surface area contributed by atoms with E-state index in [1.165, 1.54) is 0 Å². The summed E-state index contributed by atoms with van der Waals surface area (Å²) in [5.74, 6) is 2.24. The number of halogens is 4. The van der Waals surface area contributed by atoms with Crippen molar-refractivity contribution in [2.45, 2.75) is 25.1 Å². The van der Waals surface area contributed by atoms with Crippen molar-refractivity contribution in [3.63, 3.8) is 0 Å². The molecule has 0 aromatic carbocycles. The lowest BCUT2D eigenvalue weighted by Crippen LogP contribution is -2.25. The summed E-state index contributed by atoms with van der Waals surface area (Å²) in [6.07, 6.45) is -2.54. The van der Waals surface area contributed by atoms with Crippen LogP contribution in [0.2, 0.25) is 5.15 Å². The minimum absolute atomic E-state index is 0.141. The molecule has 0 saturated carbocycles. The quantitative estimate of drug-likeness (QED) is 0.833. The van der Waals surface area contributed by atoms with Gasteiger partial charge in [0.15, 0.2) is 0 Å². The van der Waals surface area contributed by atoms with Crippen molar-refractivity contribution in [2.24, 2.45) is 0 Å². The lowest BCUT2D eigenvalue weighted by Gasteiger charge is -2.23. The highest BCUT2D eigenvalue weighted by Crippen LogP contribution is 2.32. The molecule has 18 heavy (non-hydrogen) atoms. The topological polar surface area (TPSA) is 24.9 Å². The second kappa shape index (κ2) is 5.57. The zero-order valence-corrected chi connectivity index (χ0v) is 11.0. The van der Waals surface area contributed by atoms with Gasteiger partial charge in [-0.15, -0.1) is 0 Å². The Kier molecular flexibility index (Phi) is 4.27. The zero-order valence-electron chi connectivity index (χ0n) is 9.43. The van der Waals surface area contributed by atoms with Crippen molar-refractivity contribution in [3.8, 4) is 0 Å². The van der Waals surface area contributed by atoms with Gasteiger partial charge in [-0.2, -0.15) is 24.9 Å². The van der Waals surface area contributed by atoms with Crippen LogP contribution in [-0.2, 0) is 6.18 Å². The molecular formula is C11H12ClF3N2S. The van der Waals surface area contributed by atoms with Crippen LogP contribution in [0.3, 0.4) is 0 Å². The Morgan fingerprint density at radius 2 is 1.94 bits per heavy atom. The van der Waals surface area contributed by atoms with E-state index < -0.39 is 11.7 Å². The summed E-state index contributed by atoms with van der Waals surface area (Å²) in [5, 5.41) is 2.88. The third-order valence-corrected chi connectivity index (χ3v) is 3.94. The summed E-state index contributed by atoms with van der Waals surface area (Å²) in [4.78, 5) is 3.89. The molecule has 1 fully saturated rings. The molecule has 0 spiro atoms. The first-order valence-electron chi connectivity index (χ1n) is 5.54. The smallest absolute Gasteiger partial charge is 0.367 e. The Labute approximate surface area is 112 Å². The molecule has 1 aromatic heterocycles. The number of anilines is 1. The van der Waals surface area contributed by atoms with Gasteiger partial charge in [0, 0.05) is 6.04 Å². The lowest BCUT2D eigenvalue weighted by atomic mass is 10.1. The van der Waals surface area contributed by atoms with Gasteiger partial charge in [0.1, 0.15) is 11.0 Å². The summed E-state index contributed by atoms with van der Waals surface area (Å²) in [6.45, 7) is 0. The van der Waals surface area contributed by atoms with E-state index in [1.54, 1.807) is 0 Å². The molecule has 0 unspecified atom stereocenters. The van der Waals surface area contributed by atoms with Crippen LogP contribution < -0.4 is 5.32 Å². The molecule has 0 amide bonds. The van der Waals surface area contributed by atoms with Crippen LogP contribution in [-0.4, -0.2) is 22.5 Å². The van der Waals surface area contributed by atoms with Crippen LogP contribution in [0.5, 0.6) is 0 Å². The predicted octanol–water partition coefficient (Wildman–Crippen LogP) is 4.06. The molecule has 1 aliphatic rings. The molecular weight excluding hydrogens is 285 g/mol. The van der Waals surface area contributed by atoms with Crippen molar-refractivity contribution in [2.75, 3.05) is 16.8 Å². The van der Waals surface area contributed by atoms with Crippen LogP contribution in [0, 0.1) is 0 Å². The number of pyridine rings is 1. The second-order valence-electron chi connectivity index (χ2n) is 4.09. The van der Waals surface area contributed by atoms with Gasteiger partial charge in [0.25, 0.3) is 0 Å². The molecule has 0 aliphatic carbocycles. The Morgan fingerprint density at radius 1 is 1.28 bits per heavy atom. The van der Waals surface area contributed by atoms with E-state index in [4.69, 9.17) is 11.6 Å². The Balaban J connectivity index is 2.14. The normalized spacial score (nSPS) is 17.8. The van der Waals surface area contributed by atoms with E-state index in [1.807, 2.05) is 11.8 Å². The first-order valence-corrected chi connectivity index (χ1v) is 7.07. The molecule has 0 bridgehead atoms. The van der Waals surface area contributed by atoms with Crippen molar-refractivity contribution < 1.29 is 13.2 Å². The molecule has 1 saturated heterocycles. The van der Waals surface area contributed by atoms with Gasteiger partial charge in [0.2, 0.25) is 0 Å². The summed E-state index contributed by atoms with van der Waals surface area (Å²) < 4.78 is 37.8. The van der Waals surface area contributed by atoms with E-state index in [2.05, 4.69) is 10.3 Å². The summed E-state index contributed by atoms with van der Waals surface area (Å²) >= 11 is 7.47. The first-order chi connectivity index (χ1) is 8.45. The molecule has 0 atom stereocenters. The van der Waals surface area contributed by atoms with E-state index >= 15 is 0 Å². The maximum Gasteiger partial charge on any atom is 0.416 e. The third kappa shape index (κ3) is 3.68. The van der Waals surface area contributed by atoms with Gasteiger partial charge >= 0.3 is 6.18 Å². The molecule has 2 rings (SSSR count). The Morgan fingerprint density at radius 3 is 2.56 bits per heavy atom. The van der Waals surface area contributed by atoms with Crippen molar-refractivity contribution in [1.29, 1.82) is 0 Å². The highest BCUT2D eigenvalue weighted by atomic mass is 35.5. The van der Waals surface area contributed by atoms with Gasteiger partial charge in [0.05, 0.1) is 5.56 Å². The van der Waals surface area contributed by atoms with Crippen molar-refractivity contribution in [1.82, 2.24) is 4.98 Å². The Bertz CT molecular complexity index is 419. The second-order valence-corrected chi connectivity index (χ2v) is 5.70. The highest BCUT2D eigenvalue weighted by Gasteiger charge is 2.31. The van der Waals surface area contributed by atoms with Crippen LogP contribution >= 0.6 is 23.4 Å². The average Bonchev–Trinajstić information content (AvgIpc) is 2.28. The number of alkyl halides is 3. The summed E-state index contributed by atoms with van der Waals surface area (Å²) in [7, 11) is 0. The molecule has 7 heteroatoms. The number of thioether (sulfide) groups is 1. The van der Waals surface area contributed by atoms with Gasteiger partial charge in [-0.05, 0) is 36.5 Å². The van der Waals surface area contributed by atoms with E-state index in [0.717, 1.165) is 36.5 Å². The van der Waals surface area contributed by atoms with Gasteiger partial charge in [-0.25, -0.2) is 4.98 Å². The standard InChI is InChI=1S/C11H12ClF3N2S/c12-9-5-7(11(13,14)15)6-10(17-9)16-8-1-3-18-4-2-8/h5-6,8H,1-4H2,(H,16,17). The first kappa shape index (κ1) is 13.8. The monoisotopic (exact) mass is 296 g/mol. The van der Waals surface area contributed by atoms with E-state index in [0.29, 0.717) is 0 Å². The molecule has 1 N–H and O–H groups in total. The highest BCUT2D eigenvalue weighted by molar-refractivity contribution is 7.99. The SMILES string of the molecule is FC(F)(F)c1cc(Cl)nc(NC2CCSCC2)c1. The fraction of sp³-hybridized carbons (Fsp3) is 0.545. The molecule has 1 aromatic rings. The number of hydrogen-bond acceptors (Lipinski definition) is 3. The number of hydrogen-bond donors (Lipinski definition) is 1. The largest absolute Gasteiger partial charge is 0.416 e. The van der Waals surface area contributed by atoms with Crippen LogP contribution in [0.4, 0.5) is 19.0 Å². The number of aromatic nitrogens is 1. The summed E-state index contributed by atoms with van der Waals surface area (Å²) in [6, 6.07) is 2.02. The molecule has 0 radical (unpaired) electrons. The van der Waals surface area contributed by atoms with E-state index in [9.17, 15) is 13.2 Å². The lowest BCUT2D eigenvalue weighted by molar-refractivity contribution is -0.137. The number of rotatable bonds is 2. The Hall–Kier alpha value is -0.620. The zero-order chi connectivity index (χ0) is 13.2. The minimum atomic E-state index is -4.40. The van der Waals surface area contributed by atoms with Crippen molar-refractivity contribution >= 4 is 29.2 Å². The number of nitrogens with zero attached hydrogens (tertiary/aromatic N) is 1. The fourth-order valence-corrected chi connectivity index (χ4v) is 3.10. The number of nitrogens with one attached hydrogen (secondary N) is 1. The third-order valence-electron chi connectivity index (χ3n) is 2.69. The molecule has 1 aliphatic heterocycles. The molecule has 2 heterocycles. The van der Waals surface area contributed by atoms with Crippen molar-refractivity contribution in [3.05, 3.63) is 22.8 Å². The van der Waals surface area contributed by atoms with Gasteiger partial charge < -0.3 is 5.32 Å². The van der Waals surface area contributed by atoms with E-state index in [-0.39, 0.29) is 17.0 Å². The predicted molar refractivity (Wildman–Crippen MR) is 68.2 cm³/mol. The average molecular weight is 297 g/mol. The molecule has 100 valence electrons. The van der Waals surface area contributed by atoms with Crippen LogP contribution in [0.15, 0.2) is 12.1 Å². The van der Waals surface area contributed by atoms with Gasteiger partial charge in [-0.3, -0.25) is 0 Å². The van der Waals surface area contributed by atoms with Crippen LogP contribution in [0.1, 0.15) is 18.4 Å².